The molecule has 7 nitrogen and oxygen atoms in total. The van der Waals surface area contributed by atoms with Crippen molar-refractivity contribution >= 4 is 17.8 Å². The fraction of sp³-hybridized carbons (Fsp3) is 0.696. The van der Waals surface area contributed by atoms with E-state index in [-0.39, 0.29) is 24.1 Å². The molecule has 2 aliphatic heterocycles. The van der Waals surface area contributed by atoms with Gasteiger partial charge in [0.05, 0.1) is 5.56 Å². The summed E-state index contributed by atoms with van der Waals surface area (Å²) >= 11 is 0. The Balaban J connectivity index is 1.54. The van der Waals surface area contributed by atoms with E-state index in [2.05, 4.69) is 29.0 Å². The number of alkyl carbamates (subject to hydrolysis) is 1. The Morgan fingerprint density at radius 1 is 1.10 bits per heavy atom. The van der Waals surface area contributed by atoms with Gasteiger partial charge in [-0.15, -0.1) is 0 Å². The van der Waals surface area contributed by atoms with Crippen LogP contribution in [0.3, 0.4) is 0 Å². The average Bonchev–Trinajstić information content (AvgIpc) is 2.67. The van der Waals surface area contributed by atoms with E-state index in [9.17, 15) is 9.59 Å². The minimum absolute atomic E-state index is 0.0780. The molecule has 2 aliphatic rings. The number of ether oxygens (including phenoxy) is 1. The Kier molecular flexibility index (Phi) is 6.88. The van der Waals surface area contributed by atoms with E-state index in [1.807, 2.05) is 37.8 Å². The molecule has 2 amide bonds. The van der Waals surface area contributed by atoms with Crippen LogP contribution in [0.5, 0.6) is 0 Å². The molecule has 1 aromatic rings. The van der Waals surface area contributed by atoms with Crippen molar-refractivity contribution < 1.29 is 14.3 Å². The zero-order valence-corrected chi connectivity index (χ0v) is 19.0. The zero-order chi connectivity index (χ0) is 21.9. The molecular formula is C23H36N4O3. The lowest BCUT2D eigenvalue weighted by Gasteiger charge is -2.39. The number of hydrogen-bond donors (Lipinski definition) is 1. The van der Waals surface area contributed by atoms with Gasteiger partial charge < -0.3 is 19.9 Å². The number of anilines is 1. The number of carbonyl (C=O) groups is 2. The summed E-state index contributed by atoms with van der Waals surface area (Å²) in [6.45, 7) is 12.4. The van der Waals surface area contributed by atoms with E-state index >= 15 is 0 Å². The number of hydrogen-bond acceptors (Lipinski definition) is 5. The number of aromatic nitrogens is 1. The molecule has 1 aromatic heterocycles. The molecule has 0 spiro atoms. The summed E-state index contributed by atoms with van der Waals surface area (Å²) in [6.07, 6.45) is 5.14. The van der Waals surface area contributed by atoms with Crippen molar-refractivity contribution in [2.75, 3.05) is 24.5 Å². The number of likely N-dealkylation sites (tertiary alicyclic amines) is 1. The van der Waals surface area contributed by atoms with Gasteiger partial charge in [-0.2, -0.15) is 0 Å². The standard InChI is InChI=1S/C23H36N4O3/c1-16-8-11-26(12-9-16)21(28)18-6-7-20(24-15-18)27-13-10-19(14-17(27)2)25-22(29)30-23(3,4)5/h6-7,15-17,19H,8-14H2,1-5H3,(H,25,29). The van der Waals surface area contributed by atoms with Crippen LogP contribution in [0.1, 0.15) is 70.7 Å². The second kappa shape index (κ2) is 9.23. The lowest BCUT2D eigenvalue weighted by molar-refractivity contribution is 0.0493. The summed E-state index contributed by atoms with van der Waals surface area (Å²) in [5.74, 6) is 1.65. The summed E-state index contributed by atoms with van der Waals surface area (Å²) < 4.78 is 5.37. The van der Waals surface area contributed by atoms with Crippen LogP contribution in [0.4, 0.5) is 10.6 Å². The maximum Gasteiger partial charge on any atom is 0.407 e. The van der Waals surface area contributed by atoms with Gasteiger partial charge in [0, 0.05) is 37.9 Å². The lowest BCUT2D eigenvalue weighted by Crippen LogP contribution is -2.50. The van der Waals surface area contributed by atoms with Crippen molar-refractivity contribution in [3.05, 3.63) is 23.9 Å². The van der Waals surface area contributed by atoms with E-state index in [1.165, 1.54) is 0 Å². The molecule has 0 bridgehead atoms. The largest absolute Gasteiger partial charge is 0.444 e. The highest BCUT2D eigenvalue weighted by Crippen LogP contribution is 2.24. The third-order valence-corrected chi connectivity index (χ3v) is 5.96. The highest BCUT2D eigenvalue weighted by Gasteiger charge is 2.29. The molecule has 0 radical (unpaired) electrons. The minimum atomic E-state index is -0.494. The predicted molar refractivity (Wildman–Crippen MR) is 118 cm³/mol. The van der Waals surface area contributed by atoms with Gasteiger partial charge in [-0.1, -0.05) is 6.92 Å². The van der Waals surface area contributed by atoms with Crippen LogP contribution in [0.2, 0.25) is 0 Å². The molecule has 0 aliphatic carbocycles. The third kappa shape index (κ3) is 5.86. The van der Waals surface area contributed by atoms with Crippen LogP contribution in [-0.4, -0.2) is 59.2 Å². The summed E-state index contributed by atoms with van der Waals surface area (Å²) in [7, 11) is 0. The second-order valence-corrected chi connectivity index (χ2v) is 9.79. The van der Waals surface area contributed by atoms with Crippen LogP contribution < -0.4 is 10.2 Å². The first-order valence-corrected chi connectivity index (χ1v) is 11.1. The van der Waals surface area contributed by atoms with Gasteiger partial charge in [-0.3, -0.25) is 4.79 Å². The van der Waals surface area contributed by atoms with E-state index in [0.29, 0.717) is 11.5 Å². The Hall–Kier alpha value is -2.31. The predicted octanol–water partition coefficient (Wildman–Crippen LogP) is 3.84. The number of nitrogens with zero attached hydrogens (tertiary/aromatic N) is 3. The molecule has 0 saturated carbocycles. The Morgan fingerprint density at radius 3 is 2.37 bits per heavy atom. The van der Waals surface area contributed by atoms with Crippen LogP contribution in [0.25, 0.3) is 0 Å². The topological polar surface area (TPSA) is 74.8 Å². The van der Waals surface area contributed by atoms with Gasteiger partial charge in [-0.05, 0) is 71.4 Å². The highest BCUT2D eigenvalue weighted by molar-refractivity contribution is 5.94. The number of nitrogens with one attached hydrogen (secondary N) is 1. The number of piperidine rings is 2. The number of rotatable bonds is 3. The molecule has 2 fully saturated rings. The molecule has 30 heavy (non-hydrogen) atoms. The summed E-state index contributed by atoms with van der Waals surface area (Å²) in [5.41, 5.74) is 0.161. The molecule has 3 rings (SSSR count). The summed E-state index contributed by atoms with van der Waals surface area (Å²) in [4.78, 5) is 33.5. The van der Waals surface area contributed by atoms with E-state index in [0.717, 1.165) is 51.1 Å². The fourth-order valence-corrected chi connectivity index (χ4v) is 4.19. The van der Waals surface area contributed by atoms with Crippen molar-refractivity contribution in [2.45, 2.75) is 78.0 Å². The quantitative estimate of drug-likeness (QED) is 0.810. The van der Waals surface area contributed by atoms with Crippen molar-refractivity contribution in [3.63, 3.8) is 0 Å². The molecule has 166 valence electrons. The molecule has 2 atom stereocenters. The van der Waals surface area contributed by atoms with Crippen molar-refractivity contribution in [2.24, 2.45) is 5.92 Å². The first-order chi connectivity index (χ1) is 14.1. The van der Waals surface area contributed by atoms with E-state index in [1.54, 1.807) is 6.20 Å². The van der Waals surface area contributed by atoms with Gasteiger partial charge >= 0.3 is 6.09 Å². The van der Waals surface area contributed by atoms with Gasteiger partial charge in [0.1, 0.15) is 11.4 Å². The Morgan fingerprint density at radius 2 is 1.80 bits per heavy atom. The van der Waals surface area contributed by atoms with Crippen molar-refractivity contribution in [1.29, 1.82) is 0 Å². The van der Waals surface area contributed by atoms with Gasteiger partial charge in [0.25, 0.3) is 5.91 Å². The second-order valence-electron chi connectivity index (χ2n) is 9.79. The van der Waals surface area contributed by atoms with Crippen molar-refractivity contribution in [1.82, 2.24) is 15.2 Å². The molecule has 2 unspecified atom stereocenters. The Bertz CT molecular complexity index is 736. The highest BCUT2D eigenvalue weighted by atomic mass is 16.6. The average molecular weight is 417 g/mol. The van der Waals surface area contributed by atoms with Gasteiger partial charge in [-0.25, -0.2) is 9.78 Å². The zero-order valence-electron chi connectivity index (χ0n) is 19.0. The van der Waals surface area contributed by atoms with Gasteiger partial charge in [0.2, 0.25) is 0 Å². The van der Waals surface area contributed by atoms with E-state index < -0.39 is 5.60 Å². The molecule has 1 N–H and O–H groups in total. The molecule has 2 saturated heterocycles. The molecule has 0 aromatic carbocycles. The molecular weight excluding hydrogens is 380 g/mol. The number of amides is 2. The third-order valence-electron chi connectivity index (χ3n) is 5.96. The maximum absolute atomic E-state index is 12.7. The molecule has 7 heteroatoms. The van der Waals surface area contributed by atoms with Crippen molar-refractivity contribution in [3.8, 4) is 0 Å². The molecule has 3 heterocycles. The van der Waals surface area contributed by atoms with E-state index in [4.69, 9.17) is 4.74 Å². The van der Waals surface area contributed by atoms with Crippen LogP contribution in [-0.2, 0) is 4.74 Å². The van der Waals surface area contributed by atoms with Crippen LogP contribution >= 0.6 is 0 Å². The summed E-state index contributed by atoms with van der Waals surface area (Å²) in [5, 5.41) is 2.98. The van der Waals surface area contributed by atoms with Crippen LogP contribution in [0.15, 0.2) is 18.3 Å². The Labute approximate surface area is 180 Å². The van der Waals surface area contributed by atoms with Gasteiger partial charge in [0.15, 0.2) is 0 Å². The normalized spacial score (nSPS) is 23.2. The maximum atomic E-state index is 12.7. The smallest absolute Gasteiger partial charge is 0.407 e. The first kappa shape index (κ1) is 22.4. The summed E-state index contributed by atoms with van der Waals surface area (Å²) in [6, 6.07) is 4.16. The number of pyridine rings is 1. The fourth-order valence-electron chi connectivity index (χ4n) is 4.19. The first-order valence-electron chi connectivity index (χ1n) is 11.1. The minimum Gasteiger partial charge on any atom is -0.444 e. The lowest BCUT2D eigenvalue weighted by atomic mass is 9.98. The SMILES string of the molecule is CC1CCN(C(=O)c2ccc(N3CCC(NC(=O)OC(C)(C)C)CC3C)nc2)CC1. The van der Waals surface area contributed by atoms with Crippen LogP contribution in [0, 0.1) is 5.92 Å². The monoisotopic (exact) mass is 416 g/mol. The number of carbonyl (C=O) groups excluding carboxylic acids is 2.